The monoisotopic (exact) mass is 652 g/mol. The zero-order valence-corrected chi connectivity index (χ0v) is 25.9. The summed E-state index contributed by atoms with van der Waals surface area (Å²) in [7, 11) is 0. The summed E-state index contributed by atoms with van der Waals surface area (Å²) in [5, 5.41) is 4.95. The molecule has 5 aromatic rings. The Morgan fingerprint density at radius 2 is 1.22 bits per heavy atom. The molecule has 0 spiro atoms. The molecule has 5 aromatic carbocycles. The summed E-state index contributed by atoms with van der Waals surface area (Å²) < 4.78 is 16.9. The highest BCUT2D eigenvalue weighted by Gasteiger charge is 2.17. The van der Waals surface area contributed by atoms with Crippen LogP contribution in [0.25, 0.3) is 11.1 Å². The Labute approximate surface area is 275 Å². The van der Waals surface area contributed by atoms with Gasteiger partial charge in [0.2, 0.25) is 0 Å². The maximum absolute atomic E-state index is 12.9. The molecule has 1 N–H and O–H groups in total. The second kappa shape index (κ2) is 15.0. The minimum absolute atomic E-state index is 0.0298. The number of rotatable bonds is 10. The Bertz CT molecular complexity index is 1860. The molecule has 0 fully saturated rings. The first-order valence-corrected chi connectivity index (χ1v) is 14.8. The number of amides is 1. The summed E-state index contributed by atoms with van der Waals surface area (Å²) >= 11 is 11.8. The van der Waals surface area contributed by atoms with Crippen LogP contribution in [0.15, 0.2) is 126 Å². The summed E-state index contributed by atoms with van der Waals surface area (Å²) in [5.41, 5.74) is 5.36. The Hall–Kier alpha value is -5.44. The van der Waals surface area contributed by atoms with E-state index in [-0.39, 0.29) is 22.6 Å². The van der Waals surface area contributed by atoms with Gasteiger partial charge in [-0.25, -0.2) is 15.0 Å². The van der Waals surface area contributed by atoms with E-state index < -0.39 is 23.9 Å². The molecule has 1 atom stereocenters. The number of benzene rings is 5. The number of carbonyl (C=O) groups excluding carboxylic acids is 3. The quantitative estimate of drug-likeness (QED) is 0.0709. The Morgan fingerprint density at radius 1 is 0.674 bits per heavy atom. The van der Waals surface area contributed by atoms with Crippen LogP contribution in [0.1, 0.15) is 33.2 Å². The minimum Gasteiger partial charge on any atom is -0.481 e. The van der Waals surface area contributed by atoms with Crippen molar-refractivity contribution in [1.29, 1.82) is 0 Å². The summed E-state index contributed by atoms with van der Waals surface area (Å²) in [4.78, 5) is 38.3. The summed E-state index contributed by atoms with van der Waals surface area (Å²) in [6, 6.07) is 34.0. The van der Waals surface area contributed by atoms with Crippen molar-refractivity contribution in [3.8, 4) is 28.4 Å². The van der Waals surface area contributed by atoms with Crippen LogP contribution < -0.4 is 19.6 Å². The largest absolute Gasteiger partial charge is 0.481 e. The Morgan fingerprint density at radius 3 is 1.83 bits per heavy atom. The van der Waals surface area contributed by atoms with Crippen molar-refractivity contribution in [3.63, 3.8) is 0 Å². The standard InChI is InChI=1S/C36H26Cl2N2O6/c1-23(44-31-18-11-25(12-19-31)24-5-3-2-4-6-24)34(41)40-39-22-28-13-20-32(45-35(42)26-7-14-29(37)15-8-26)21-33(28)46-36(43)27-9-16-30(38)17-10-27/h2-23H,1H3,(H,40,41)/b39-22+. The lowest BCUT2D eigenvalue weighted by molar-refractivity contribution is -0.127. The second-order valence-corrected chi connectivity index (χ2v) is 10.8. The van der Waals surface area contributed by atoms with Crippen molar-refractivity contribution in [2.75, 3.05) is 0 Å². The van der Waals surface area contributed by atoms with E-state index in [1.54, 1.807) is 43.3 Å². The molecule has 46 heavy (non-hydrogen) atoms. The molecule has 0 heterocycles. The second-order valence-electron chi connectivity index (χ2n) is 9.88. The average molecular weight is 654 g/mol. The fraction of sp³-hybridized carbons (Fsp3) is 0.0556. The van der Waals surface area contributed by atoms with E-state index >= 15 is 0 Å². The van der Waals surface area contributed by atoms with Crippen molar-refractivity contribution >= 4 is 47.3 Å². The van der Waals surface area contributed by atoms with Gasteiger partial charge in [0.15, 0.2) is 6.10 Å². The lowest BCUT2D eigenvalue weighted by Crippen LogP contribution is -2.33. The molecule has 8 nitrogen and oxygen atoms in total. The van der Waals surface area contributed by atoms with Crippen LogP contribution in [0, 0.1) is 0 Å². The first-order valence-electron chi connectivity index (χ1n) is 14.0. The van der Waals surface area contributed by atoms with Crippen molar-refractivity contribution in [2.45, 2.75) is 13.0 Å². The van der Waals surface area contributed by atoms with E-state index in [0.29, 0.717) is 21.4 Å². The van der Waals surface area contributed by atoms with Crippen LogP contribution in [0.2, 0.25) is 10.0 Å². The fourth-order valence-corrected chi connectivity index (χ4v) is 4.39. The molecule has 0 saturated carbocycles. The number of nitrogens with one attached hydrogen (secondary N) is 1. The third-order valence-electron chi connectivity index (χ3n) is 6.58. The molecule has 1 amide bonds. The molecular weight excluding hydrogens is 627 g/mol. The number of hydrogen-bond donors (Lipinski definition) is 1. The lowest BCUT2D eigenvalue weighted by Gasteiger charge is -2.13. The van der Waals surface area contributed by atoms with Crippen LogP contribution in [0.4, 0.5) is 0 Å². The molecule has 0 bridgehead atoms. The topological polar surface area (TPSA) is 103 Å². The van der Waals surface area contributed by atoms with Crippen molar-refractivity contribution in [1.82, 2.24) is 5.43 Å². The molecule has 10 heteroatoms. The molecule has 0 aliphatic carbocycles. The SMILES string of the molecule is CC(Oc1ccc(-c2ccccc2)cc1)C(=O)N/N=C/c1ccc(OC(=O)c2ccc(Cl)cc2)cc1OC(=O)c1ccc(Cl)cc1. The minimum atomic E-state index is -0.864. The van der Waals surface area contributed by atoms with Gasteiger partial charge in [-0.1, -0.05) is 65.7 Å². The third-order valence-corrected chi connectivity index (χ3v) is 7.08. The number of ether oxygens (including phenoxy) is 3. The summed E-state index contributed by atoms with van der Waals surface area (Å²) in [6.07, 6.45) is 0.436. The van der Waals surface area contributed by atoms with Gasteiger partial charge >= 0.3 is 11.9 Å². The Balaban J connectivity index is 1.27. The van der Waals surface area contributed by atoms with Crippen molar-refractivity contribution < 1.29 is 28.6 Å². The Kier molecular flexibility index (Phi) is 10.4. The van der Waals surface area contributed by atoms with Crippen molar-refractivity contribution in [3.05, 3.63) is 148 Å². The van der Waals surface area contributed by atoms with Crippen LogP contribution in [-0.2, 0) is 4.79 Å². The highest BCUT2D eigenvalue weighted by molar-refractivity contribution is 6.31. The van der Waals surface area contributed by atoms with E-state index in [4.69, 9.17) is 37.4 Å². The first-order chi connectivity index (χ1) is 22.2. The highest BCUT2D eigenvalue weighted by Crippen LogP contribution is 2.27. The van der Waals surface area contributed by atoms with E-state index in [9.17, 15) is 14.4 Å². The number of carbonyl (C=O) groups is 3. The molecule has 0 aliphatic rings. The normalized spacial score (nSPS) is 11.5. The number of hydrazone groups is 1. The van der Waals surface area contributed by atoms with Gasteiger partial charge in [-0.2, -0.15) is 5.10 Å². The summed E-state index contributed by atoms with van der Waals surface area (Å²) in [6.45, 7) is 1.60. The van der Waals surface area contributed by atoms with Gasteiger partial charge < -0.3 is 14.2 Å². The van der Waals surface area contributed by atoms with Crippen LogP contribution in [0.3, 0.4) is 0 Å². The lowest BCUT2D eigenvalue weighted by atomic mass is 10.1. The number of halogens is 2. The molecule has 1 unspecified atom stereocenters. The van der Waals surface area contributed by atoms with Gasteiger partial charge in [0, 0.05) is 21.7 Å². The number of esters is 2. The molecule has 0 aromatic heterocycles. The highest BCUT2D eigenvalue weighted by atomic mass is 35.5. The molecule has 0 saturated heterocycles. The van der Waals surface area contributed by atoms with E-state index in [0.717, 1.165) is 11.1 Å². The van der Waals surface area contributed by atoms with Gasteiger partial charge in [-0.15, -0.1) is 0 Å². The maximum Gasteiger partial charge on any atom is 0.343 e. The number of nitrogens with zero attached hydrogens (tertiary/aromatic N) is 1. The van der Waals surface area contributed by atoms with Crippen LogP contribution in [-0.4, -0.2) is 30.2 Å². The number of hydrogen-bond acceptors (Lipinski definition) is 7. The molecular formula is C36H26Cl2N2O6. The summed E-state index contributed by atoms with van der Waals surface area (Å²) in [5.74, 6) is -1.16. The van der Waals surface area contributed by atoms with E-state index in [1.165, 1.54) is 48.7 Å². The van der Waals surface area contributed by atoms with Crippen molar-refractivity contribution in [2.24, 2.45) is 5.10 Å². The molecule has 230 valence electrons. The van der Waals surface area contributed by atoms with Gasteiger partial charge in [-0.05, 0) is 90.8 Å². The average Bonchev–Trinajstić information content (AvgIpc) is 3.07. The first kappa shape index (κ1) is 32.0. The smallest absolute Gasteiger partial charge is 0.343 e. The third kappa shape index (κ3) is 8.59. The molecule has 0 radical (unpaired) electrons. The molecule has 0 aliphatic heterocycles. The predicted molar refractivity (Wildman–Crippen MR) is 177 cm³/mol. The van der Waals surface area contributed by atoms with Gasteiger partial charge in [0.05, 0.1) is 17.3 Å². The molecule has 5 rings (SSSR count). The van der Waals surface area contributed by atoms with E-state index in [1.807, 2.05) is 42.5 Å². The van der Waals surface area contributed by atoms with Gasteiger partial charge in [0.25, 0.3) is 5.91 Å². The van der Waals surface area contributed by atoms with Crippen LogP contribution in [0.5, 0.6) is 17.2 Å². The maximum atomic E-state index is 12.9. The predicted octanol–water partition coefficient (Wildman–Crippen LogP) is 8.02. The zero-order chi connectivity index (χ0) is 32.5. The van der Waals surface area contributed by atoms with Crippen LogP contribution >= 0.6 is 23.2 Å². The fourth-order valence-electron chi connectivity index (χ4n) is 4.14. The van der Waals surface area contributed by atoms with E-state index in [2.05, 4.69) is 10.5 Å². The zero-order valence-electron chi connectivity index (χ0n) is 24.4. The van der Waals surface area contributed by atoms with Gasteiger partial charge in [0.1, 0.15) is 17.2 Å². The van der Waals surface area contributed by atoms with Gasteiger partial charge in [-0.3, -0.25) is 4.79 Å².